The lowest BCUT2D eigenvalue weighted by atomic mass is 9.87. The predicted molar refractivity (Wildman–Crippen MR) is 133 cm³/mol. The van der Waals surface area contributed by atoms with Crippen LogP contribution in [0.1, 0.15) is 55.8 Å². The van der Waals surface area contributed by atoms with Crippen LogP contribution in [0, 0.1) is 5.92 Å². The van der Waals surface area contributed by atoms with Gasteiger partial charge in [0.25, 0.3) is 0 Å². The van der Waals surface area contributed by atoms with Gasteiger partial charge in [0.2, 0.25) is 5.91 Å². The van der Waals surface area contributed by atoms with Crippen molar-refractivity contribution in [1.29, 1.82) is 0 Å². The molecular formula is C28H39N3O2. The van der Waals surface area contributed by atoms with Crippen LogP contribution in [0.15, 0.2) is 54.6 Å². The van der Waals surface area contributed by atoms with Crippen LogP contribution in [0.3, 0.4) is 0 Å². The fourth-order valence-electron chi connectivity index (χ4n) is 5.21. The molecule has 2 aliphatic heterocycles. The minimum Gasteiger partial charge on any atom is -0.363 e. The predicted octanol–water partition coefficient (Wildman–Crippen LogP) is 4.39. The molecule has 0 saturated carbocycles. The summed E-state index contributed by atoms with van der Waals surface area (Å²) >= 11 is 0. The fourth-order valence-corrected chi connectivity index (χ4v) is 5.21. The maximum atomic E-state index is 11.9. The number of nitrogens with zero attached hydrogens (tertiary/aromatic N) is 2. The number of piperazine rings is 1. The molecule has 178 valence electrons. The van der Waals surface area contributed by atoms with Crippen molar-refractivity contribution < 1.29 is 9.53 Å². The van der Waals surface area contributed by atoms with E-state index >= 15 is 0 Å². The van der Waals surface area contributed by atoms with E-state index in [1.807, 2.05) is 6.92 Å². The third-order valence-corrected chi connectivity index (χ3v) is 7.16. The summed E-state index contributed by atoms with van der Waals surface area (Å²) in [7, 11) is 0. The summed E-state index contributed by atoms with van der Waals surface area (Å²) in [6, 6.07) is 19.4. The highest BCUT2D eigenvalue weighted by Gasteiger charge is 2.30. The van der Waals surface area contributed by atoms with Gasteiger partial charge < -0.3 is 10.1 Å². The molecule has 33 heavy (non-hydrogen) atoms. The number of hydrogen-bond donors (Lipinski definition) is 1. The summed E-state index contributed by atoms with van der Waals surface area (Å²) in [5, 5.41) is 3.13. The molecular weight excluding hydrogens is 410 g/mol. The Bertz CT molecular complexity index is 880. The quantitative estimate of drug-likeness (QED) is 0.649. The zero-order valence-electron chi connectivity index (χ0n) is 20.2. The maximum absolute atomic E-state index is 11.9. The molecule has 4 rings (SSSR count). The van der Waals surface area contributed by atoms with Crippen molar-refractivity contribution in [1.82, 2.24) is 15.1 Å². The molecule has 0 bridgehead atoms. The van der Waals surface area contributed by atoms with Crippen molar-refractivity contribution >= 4 is 5.91 Å². The van der Waals surface area contributed by atoms with Crippen molar-refractivity contribution in [2.45, 2.75) is 58.3 Å². The molecule has 2 aromatic carbocycles. The second kappa shape index (κ2) is 11.8. The number of carbonyl (C=O) groups is 1. The van der Waals surface area contributed by atoms with Crippen LogP contribution < -0.4 is 5.32 Å². The third kappa shape index (κ3) is 6.66. The van der Waals surface area contributed by atoms with Gasteiger partial charge in [-0.05, 0) is 48.8 Å². The Hall–Kier alpha value is -2.21. The lowest BCUT2D eigenvalue weighted by Gasteiger charge is -2.42. The molecule has 5 nitrogen and oxygen atoms in total. The fraction of sp³-hybridized carbons (Fsp3) is 0.536. The summed E-state index contributed by atoms with van der Waals surface area (Å²) in [6.07, 6.45) is 3.99. The average Bonchev–Trinajstić information content (AvgIpc) is 2.85. The minimum absolute atomic E-state index is 0.0435. The van der Waals surface area contributed by atoms with Crippen LogP contribution in [-0.2, 0) is 22.5 Å². The number of rotatable bonds is 8. The first-order valence-electron chi connectivity index (χ1n) is 12.6. The molecule has 1 N–H and O–H groups in total. The van der Waals surface area contributed by atoms with Gasteiger partial charge in [0.15, 0.2) is 0 Å². The largest absolute Gasteiger partial charge is 0.363 e. The summed E-state index contributed by atoms with van der Waals surface area (Å²) in [6.45, 7) is 10.2. The number of benzene rings is 2. The molecule has 2 heterocycles. The van der Waals surface area contributed by atoms with Crippen LogP contribution >= 0.6 is 0 Å². The zero-order chi connectivity index (χ0) is 23.0. The van der Waals surface area contributed by atoms with Gasteiger partial charge in [0, 0.05) is 45.8 Å². The van der Waals surface area contributed by atoms with Gasteiger partial charge in [0.1, 0.15) is 6.23 Å². The molecule has 2 saturated heterocycles. The van der Waals surface area contributed by atoms with E-state index in [0.29, 0.717) is 12.3 Å². The molecule has 2 fully saturated rings. The maximum Gasteiger partial charge on any atom is 0.220 e. The molecule has 5 heteroatoms. The van der Waals surface area contributed by atoms with Crippen molar-refractivity contribution in [3.8, 4) is 0 Å². The number of ether oxygens (including phenoxy) is 1. The SMILES string of the molecule is CCC(=O)NC(C)c1ccccc1CC1CCOC(N2CCN(Cc3ccccc3)CC2)C1. The van der Waals surface area contributed by atoms with E-state index in [4.69, 9.17) is 4.74 Å². The number of carbonyl (C=O) groups excluding carboxylic acids is 1. The second-order valence-corrected chi connectivity index (χ2v) is 9.56. The van der Waals surface area contributed by atoms with Gasteiger partial charge in [-0.15, -0.1) is 0 Å². The van der Waals surface area contributed by atoms with E-state index in [1.54, 1.807) is 0 Å². The summed E-state index contributed by atoms with van der Waals surface area (Å²) in [5.41, 5.74) is 4.00. The van der Waals surface area contributed by atoms with Crippen molar-refractivity contribution in [2.75, 3.05) is 32.8 Å². The van der Waals surface area contributed by atoms with Gasteiger partial charge in [-0.3, -0.25) is 14.6 Å². The highest BCUT2D eigenvalue weighted by molar-refractivity contribution is 5.76. The highest BCUT2D eigenvalue weighted by Crippen LogP contribution is 2.29. The molecule has 0 spiro atoms. The Kier molecular flexibility index (Phi) is 8.54. The molecule has 0 aromatic heterocycles. The Morgan fingerprint density at radius 3 is 2.55 bits per heavy atom. The Labute approximate surface area is 199 Å². The van der Waals surface area contributed by atoms with Gasteiger partial charge >= 0.3 is 0 Å². The first-order chi connectivity index (χ1) is 16.1. The normalized spacial score (nSPS) is 23.2. The topological polar surface area (TPSA) is 44.8 Å². The summed E-state index contributed by atoms with van der Waals surface area (Å²) in [5.74, 6) is 0.719. The molecule has 1 amide bonds. The van der Waals surface area contributed by atoms with E-state index in [1.165, 1.54) is 16.7 Å². The number of amides is 1. The number of nitrogens with one attached hydrogen (secondary N) is 1. The minimum atomic E-state index is 0.0435. The van der Waals surface area contributed by atoms with Gasteiger partial charge in [-0.1, -0.05) is 61.5 Å². The highest BCUT2D eigenvalue weighted by atomic mass is 16.5. The monoisotopic (exact) mass is 449 g/mol. The Morgan fingerprint density at radius 1 is 1.06 bits per heavy atom. The standard InChI is InChI=1S/C28H39N3O2/c1-3-27(32)29-22(2)26-12-8-7-11-25(26)19-24-13-18-33-28(20-24)31-16-14-30(15-17-31)21-23-9-5-4-6-10-23/h4-12,22,24,28H,3,13-21H2,1-2H3,(H,29,32). The molecule has 2 aliphatic rings. The van der Waals surface area contributed by atoms with Crippen molar-refractivity contribution in [3.63, 3.8) is 0 Å². The molecule has 0 aliphatic carbocycles. The van der Waals surface area contributed by atoms with Crippen LogP contribution in [0.25, 0.3) is 0 Å². The van der Waals surface area contributed by atoms with E-state index in [-0.39, 0.29) is 18.2 Å². The van der Waals surface area contributed by atoms with E-state index < -0.39 is 0 Å². The second-order valence-electron chi connectivity index (χ2n) is 9.56. The van der Waals surface area contributed by atoms with Crippen molar-refractivity contribution in [2.24, 2.45) is 5.92 Å². The Balaban J connectivity index is 1.30. The van der Waals surface area contributed by atoms with Crippen LogP contribution in [-0.4, -0.2) is 54.7 Å². The average molecular weight is 450 g/mol. The molecule has 2 aromatic rings. The van der Waals surface area contributed by atoms with E-state index in [9.17, 15) is 4.79 Å². The molecule has 0 radical (unpaired) electrons. The number of hydrogen-bond acceptors (Lipinski definition) is 4. The van der Waals surface area contributed by atoms with Crippen LogP contribution in [0.2, 0.25) is 0 Å². The summed E-state index contributed by atoms with van der Waals surface area (Å²) < 4.78 is 6.23. The van der Waals surface area contributed by atoms with Crippen LogP contribution in [0.4, 0.5) is 0 Å². The van der Waals surface area contributed by atoms with Crippen molar-refractivity contribution in [3.05, 3.63) is 71.3 Å². The first kappa shape index (κ1) is 23.9. The molecule has 3 atom stereocenters. The molecule has 3 unspecified atom stereocenters. The van der Waals surface area contributed by atoms with Crippen LogP contribution in [0.5, 0.6) is 0 Å². The van der Waals surface area contributed by atoms with Gasteiger partial charge in [-0.2, -0.15) is 0 Å². The summed E-state index contributed by atoms with van der Waals surface area (Å²) in [4.78, 5) is 17.0. The van der Waals surface area contributed by atoms with E-state index in [0.717, 1.165) is 58.6 Å². The smallest absolute Gasteiger partial charge is 0.220 e. The van der Waals surface area contributed by atoms with E-state index in [2.05, 4.69) is 76.6 Å². The Morgan fingerprint density at radius 2 is 1.79 bits per heavy atom. The lowest BCUT2D eigenvalue weighted by Crippen LogP contribution is -2.52. The zero-order valence-corrected chi connectivity index (χ0v) is 20.2. The third-order valence-electron chi connectivity index (χ3n) is 7.16. The lowest BCUT2D eigenvalue weighted by molar-refractivity contribution is -0.121. The van der Waals surface area contributed by atoms with Gasteiger partial charge in [-0.25, -0.2) is 0 Å². The first-order valence-corrected chi connectivity index (χ1v) is 12.6. The van der Waals surface area contributed by atoms with Gasteiger partial charge in [0.05, 0.1) is 6.04 Å².